The van der Waals surface area contributed by atoms with Crippen molar-refractivity contribution in [1.29, 1.82) is 0 Å². The fourth-order valence-electron chi connectivity index (χ4n) is 2.32. The fourth-order valence-corrected chi connectivity index (χ4v) is 2.32. The van der Waals surface area contributed by atoms with Gasteiger partial charge in [-0.25, -0.2) is 0 Å². The number of phenolic OH excluding ortho intramolecular Hbond substituents is 1. The van der Waals surface area contributed by atoms with Crippen molar-refractivity contribution in [3.63, 3.8) is 0 Å². The van der Waals surface area contributed by atoms with Crippen LogP contribution in [0.5, 0.6) is 5.75 Å². The van der Waals surface area contributed by atoms with Crippen molar-refractivity contribution in [2.75, 3.05) is 20.1 Å². The lowest BCUT2D eigenvalue weighted by Crippen LogP contribution is -2.44. The van der Waals surface area contributed by atoms with Crippen LogP contribution in [0.3, 0.4) is 0 Å². The first kappa shape index (κ1) is 12.9. The van der Waals surface area contributed by atoms with Gasteiger partial charge in [0.1, 0.15) is 5.75 Å². The molecule has 0 bridgehead atoms. The van der Waals surface area contributed by atoms with E-state index >= 15 is 0 Å². The summed E-state index contributed by atoms with van der Waals surface area (Å²) in [6.07, 6.45) is 2.47. The van der Waals surface area contributed by atoms with Crippen molar-refractivity contribution >= 4 is 5.91 Å². The minimum atomic E-state index is 0.176. The molecular formula is C14H20N2O2. The molecule has 2 rings (SSSR count). The molecule has 0 saturated carbocycles. The molecule has 4 heteroatoms. The SMILES string of the molecule is CNC1CCN(C(=O)Cc2ccc(O)cc2)CC1. The van der Waals surface area contributed by atoms with E-state index in [9.17, 15) is 9.90 Å². The van der Waals surface area contributed by atoms with E-state index in [4.69, 9.17) is 0 Å². The van der Waals surface area contributed by atoms with E-state index in [1.54, 1.807) is 24.3 Å². The second kappa shape index (κ2) is 5.87. The Bertz CT molecular complexity index is 395. The molecule has 1 aromatic carbocycles. The first-order chi connectivity index (χ1) is 8.69. The summed E-state index contributed by atoms with van der Waals surface area (Å²) in [5.74, 6) is 0.413. The normalized spacial score (nSPS) is 16.8. The van der Waals surface area contributed by atoms with Gasteiger partial charge in [0.05, 0.1) is 6.42 Å². The Morgan fingerprint density at radius 3 is 2.50 bits per heavy atom. The zero-order valence-electron chi connectivity index (χ0n) is 10.7. The molecule has 0 unspecified atom stereocenters. The molecule has 18 heavy (non-hydrogen) atoms. The summed E-state index contributed by atoms with van der Waals surface area (Å²) >= 11 is 0. The number of piperidine rings is 1. The summed E-state index contributed by atoms with van der Waals surface area (Å²) < 4.78 is 0. The Morgan fingerprint density at radius 1 is 1.33 bits per heavy atom. The average Bonchev–Trinajstić information content (AvgIpc) is 2.41. The molecule has 1 aliphatic rings. The van der Waals surface area contributed by atoms with Gasteiger partial charge in [-0.3, -0.25) is 4.79 Å². The van der Waals surface area contributed by atoms with Crippen molar-refractivity contribution in [2.24, 2.45) is 0 Å². The van der Waals surface area contributed by atoms with Gasteiger partial charge in [0.25, 0.3) is 0 Å². The summed E-state index contributed by atoms with van der Waals surface area (Å²) in [6.45, 7) is 1.67. The van der Waals surface area contributed by atoms with E-state index in [0.717, 1.165) is 31.5 Å². The summed E-state index contributed by atoms with van der Waals surface area (Å²) in [7, 11) is 1.97. The van der Waals surface area contributed by atoms with Crippen LogP contribution in [0.4, 0.5) is 0 Å². The van der Waals surface area contributed by atoms with Gasteiger partial charge < -0.3 is 15.3 Å². The number of hydrogen-bond acceptors (Lipinski definition) is 3. The molecule has 0 atom stereocenters. The minimum absolute atomic E-state index is 0.176. The molecule has 98 valence electrons. The maximum absolute atomic E-state index is 12.1. The van der Waals surface area contributed by atoms with Crippen LogP contribution in [-0.2, 0) is 11.2 Å². The number of phenols is 1. The summed E-state index contributed by atoms with van der Waals surface area (Å²) in [5.41, 5.74) is 0.952. The third-order valence-electron chi connectivity index (χ3n) is 3.55. The van der Waals surface area contributed by atoms with Crippen LogP contribution in [-0.4, -0.2) is 42.1 Å². The molecule has 1 amide bonds. The highest BCUT2D eigenvalue weighted by Crippen LogP contribution is 2.14. The van der Waals surface area contributed by atoms with Crippen molar-refractivity contribution in [3.8, 4) is 5.75 Å². The predicted octanol–water partition coefficient (Wildman–Crippen LogP) is 1.15. The van der Waals surface area contributed by atoms with Crippen LogP contribution in [0, 0.1) is 0 Å². The molecule has 0 aliphatic carbocycles. The summed E-state index contributed by atoms with van der Waals surface area (Å²) in [6, 6.07) is 7.38. The van der Waals surface area contributed by atoms with Gasteiger partial charge in [-0.05, 0) is 37.6 Å². The maximum Gasteiger partial charge on any atom is 0.226 e. The number of aromatic hydroxyl groups is 1. The molecule has 2 N–H and O–H groups in total. The van der Waals surface area contributed by atoms with Crippen LogP contribution in [0.25, 0.3) is 0 Å². The van der Waals surface area contributed by atoms with E-state index in [1.807, 2.05) is 11.9 Å². The third kappa shape index (κ3) is 3.23. The lowest BCUT2D eigenvalue weighted by atomic mass is 10.0. The Kier molecular flexibility index (Phi) is 4.20. The van der Waals surface area contributed by atoms with Crippen molar-refractivity contribution in [3.05, 3.63) is 29.8 Å². The molecule has 1 aromatic rings. The molecular weight excluding hydrogens is 228 g/mol. The molecule has 0 spiro atoms. The van der Waals surface area contributed by atoms with E-state index in [-0.39, 0.29) is 11.7 Å². The Morgan fingerprint density at radius 2 is 1.94 bits per heavy atom. The summed E-state index contributed by atoms with van der Waals surface area (Å²) in [5, 5.41) is 12.4. The molecule has 4 nitrogen and oxygen atoms in total. The number of carbonyl (C=O) groups is 1. The molecule has 1 fully saturated rings. The van der Waals surface area contributed by atoms with E-state index in [1.165, 1.54) is 0 Å². The number of amides is 1. The number of rotatable bonds is 3. The second-order valence-electron chi connectivity index (χ2n) is 4.79. The number of nitrogens with one attached hydrogen (secondary N) is 1. The van der Waals surface area contributed by atoms with Crippen LogP contribution >= 0.6 is 0 Å². The molecule has 1 saturated heterocycles. The highest BCUT2D eigenvalue weighted by Gasteiger charge is 2.21. The van der Waals surface area contributed by atoms with E-state index in [2.05, 4.69) is 5.32 Å². The lowest BCUT2D eigenvalue weighted by molar-refractivity contribution is -0.131. The number of likely N-dealkylation sites (tertiary alicyclic amines) is 1. The monoisotopic (exact) mass is 248 g/mol. The van der Waals surface area contributed by atoms with Gasteiger partial charge in [0.15, 0.2) is 0 Å². The zero-order chi connectivity index (χ0) is 13.0. The second-order valence-corrected chi connectivity index (χ2v) is 4.79. The van der Waals surface area contributed by atoms with Gasteiger partial charge in [-0.15, -0.1) is 0 Å². The predicted molar refractivity (Wildman–Crippen MR) is 70.5 cm³/mol. The number of carbonyl (C=O) groups excluding carboxylic acids is 1. The number of hydrogen-bond donors (Lipinski definition) is 2. The minimum Gasteiger partial charge on any atom is -0.508 e. The Hall–Kier alpha value is -1.55. The van der Waals surface area contributed by atoms with E-state index < -0.39 is 0 Å². The van der Waals surface area contributed by atoms with Crippen molar-refractivity contribution < 1.29 is 9.90 Å². The first-order valence-corrected chi connectivity index (χ1v) is 6.42. The quantitative estimate of drug-likeness (QED) is 0.843. The van der Waals surface area contributed by atoms with Gasteiger partial charge in [-0.2, -0.15) is 0 Å². The first-order valence-electron chi connectivity index (χ1n) is 6.42. The lowest BCUT2D eigenvalue weighted by Gasteiger charge is -2.31. The highest BCUT2D eigenvalue weighted by molar-refractivity contribution is 5.78. The molecule has 0 radical (unpaired) electrons. The molecule has 0 aromatic heterocycles. The van der Waals surface area contributed by atoms with Crippen LogP contribution < -0.4 is 5.32 Å². The van der Waals surface area contributed by atoms with Gasteiger partial charge >= 0.3 is 0 Å². The highest BCUT2D eigenvalue weighted by atomic mass is 16.3. The number of nitrogens with zero attached hydrogens (tertiary/aromatic N) is 1. The van der Waals surface area contributed by atoms with Crippen molar-refractivity contribution in [1.82, 2.24) is 10.2 Å². The molecule has 1 aliphatic heterocycles. The zero-order valence-corrected chi connectivity index (χ0v) is 10.7. The third-order valence-corrected chi connectivity index (χ3v) is 3.55. The van der Waals surface area contributed by atoms with Gasteiger partial charge in [0, 0.05) is 19.1 Å². The average molecular weight is 248 g/mol. The topological polar surface area (TPSA) is 52.6 Å². The van der Waals surface area contributed by atoms with Gasteiger partial charge in [-0.1, -0.05) is 12.1 Å². The van der Waals surface area contributed by atoms with Crippen LogP contribution in [0.1, 0.15) is 18.4 Å². The maximum atomic E-state index is 12.1. The Labute approximate surface area is 108 Å². The van der Waals surface area contributed by atoms with Crippen LogP contribution in [0.15, 0.2) is 24.3 Å². The van der Waals surface area contributed by atoms with Crippen molar-refractivity contribution in [2.45, 2.75) is 25.3 Å². The van der Waals surface area contributed by atoms with E-state index in [0.29, 0.717) is 12.5 Å². The largest absolute Gasteiger partial charge is 0.508 e. The molecule has 1 heterocycles. The fraction of sp³-hybridized carbons (Fsp3) is 0.500. The van der Waals surface area contributed by atoms with Crippen LogP contribution in [0.2, 0.25) is 0 Å². The number of benzene rings is 1. The Balaban J connectivity index is 1.87. The summed E-state index contributed by atoms with van der Waals surface area (Å²) in [4.78, 5) is 14.0. The van der Waals surface area contributed by atoms with Gasteiger partial charge in [0.2, 0.25) is 5.91 Å². The standard InChI is InChI=1S/C14H20N2O2/c1-15-12-6-8-16(9-7-12)14(18)10-11-2-4-13(17)5-3-11/h2-5,12,15,17H,6-10H2,1H3. The smallest absolute Gasteiger partial charge is 0.226 e.